The van der Waals surface area contributed by atoms with Gasteiger partial charge in [-0.05, 0) is 36.6 Å². The van der Waals surface area contributed by atoms with E-state index in [1.807, 2.05) is 6.07 Å². The summed E-state index contributed by atoms with van der Waals surface area (Å²) in [4.78, 5) is 25.1. The van der Waals surface area contributed by atoms with Gasteiger partial charge in [0.25, 0.3) is 0 Å². The second kappa shape index (κ2) is 7.87. The highest BCUT2D eigenvalue weighted by atomic mass is 19.1. The van der Waals surface area contributed by atoms with Crippen LogP contribution in [0.5, 0.6) is 11.5 Å². The Morgan fingerprint density at radius 2 is 2.04 bits per heavy atom. The maximum absolute atomic E-state index is 14.6. The highest BCUT2D eigenvalue weighted by molar-refractivity contribution is 5.97. The van der Waals surface area contributed by atoms with Gasteiger partial charge in [-0.1, -0.05) is 18.2 Å². The van der Waals surface area contributed by atoms with E-state index in [9.17, 15) is 14.0 Å². The first-order valence-corrected chi connectivity index (χ1v) is 8.42. The van der Waals surface area contributed by atoms with E-state index in [0.29, 0.717) is 18.7 Å². The van der Waals surface area contributed by atoms with Crippen LogP contribution in [0, 0.1) is 11.3 Å². The Kier molecular flexibility index (Phi) is 5.36. The van der Waals surface area contributed by atoms with Crippen LogP contribution >= 0.6 is 0 Å². The fourth-order valence-electron chi connectivity index (χ4n) is 2.96. The third-order valence-electron chi connectivity index (χ3n) is 4.14. The number of nitriles is 1. The van der Waals surface area contributed by atoms with Crippen molar-refractivity contribution in [2.45, 2.75) is 26.1 Å². The number of alkyl halides is 1. The third kappa shape index (κ3) is 4.06. The number of aryl methyl sites for hydroxylation is 1. The summed E-state index contributed by atoms with van der Waals surface area (Å²) in [5.41, 5.74) is 1.49. The van der Waals surface area contributed by atoms with Crippen molar-refractivity contribution in [1.82, 2.24) is 0 Å². The lowest BCUT2D eigenvalue weighted by Gasteiger charge is -2.30. The number of para-hydroxylation sites is 1. The summed E-state index contributed by atoms with van der Waals surface area (Å²) in [5.74, 6) is -1.06. The highest BCUT2D eigenvalue weighted by Crippen LogP contribution is 2.32. The van der Waals surface area contributed by atoms with E-state index in [1.54, 1.807) is 30.3 Å². The lowest BCUT2D eigenvalue weighted by atomic mass is 10.0. The van der Waals surface area contributed by atoms with Crippen LogP contribution < -0.4 is 14.4 Å². The van der Waals surface area contributed by atoms with Crippen LogP contribution in [0.1, 0.15) is 24.5 Å². The number of hydrogen-bond donors (Lipinski definition) is 0. The molecule has 0 fully saturated rings. The zero-order valence-electron chi connectivity index (χ0n) is 14.6. The molecular weight excluding hydrogens is 351 g/mol. The van der Waals surface area contributed by atoms with Crippen LogP contribution in [0.15, 0.2) is 42.5 Å². The highest BCUT2D eigenvalue weighted by Gasteiger charge is 2.31. The number of anilines is 1. The normalized spacial score (nSPS) is 13.9. The van der Waals surface area contributed by atoms with E-state index in [0.717, 1.165) is 12.0 Å². The number of benzene rings is 2. The Labute approximate surface area is 155 Å². The van der Waals surface area contributed by atoms with Gasteiger partial charge in [0.2, 0.25) is 0 Å². The van der Waals surface area contributed by atoms with Gasteiger partial charge in [0.1, 0.15) is 17.6 Å². The summed E-state index contributed by atoms with van der Waals surface area (Å²) in [6.45, 7) is 1.60. The maximum Gasteiger partial charge on any atom is 0.317 e. The zero-order valence-corrected chi connectivity index (χ0v) is 14.6. The van der Waals surface area contributed by atoms with Gasteiger partial charge in [-0.2, -0.15) is 9.65 Å². The van der Waals surface area contributed by atoms with E-state index in [2.05, 4.69) is 0 Å². The van der Waals surface area contributed by atoms with E-state index >= 15 is 0 Å². The van der Waals surface area contributed by atoms with Gasteiger partial charge in [-0.25, -0.2) is 0 Å². The van der Waals surface area contributed by atoms with Crippen molar-refractivity contribution in [3.8, 4) is 17.6 Å². The van der Waals surface area contributed by atoms with Crippen molar-refractivity contribution < 1.29 is 23.5 Å². The largest absolute Gasteiger partial charge is 0.450 e. The molecule has 1 aliphatic heterocycles. The van der Waals surface area contributed by atoms with Crippen molar-refractivity contribution in [1.29, 1.82) is 5.26 Å². The SMILES string of the molecule is CC(=O)Oc1ccc2c(c1)N(C(=O)C(F)Oc1ccccc1C#N)CCC2. The number of halogens is 1. The summed E-state index contributed by atoms with van der Waals surface area (Å²) in [6, 6.07) is 13.0. The van der Waals surface area contributed by atoms with Crippen molar-refractivity contribution in [3.63, 3.8) is 0 Å². The smallest absolute Gasteiger partial charge is 0.317 e. The van der Waals surface area contributed by atoms with Crippen LogP contribution in [0.3, 0.4) is 0 Å². The molecule has 2 aromatic carbocycles. The summed E-state index contributed by atoms with van der Waals surface area (Å²) in [7, 11) is 0. The Bertz CT molecular complexity index is 922. The molecule has 0 N–H and O–H groups in total. The molecule has 1 amide bonds. The molecule has 7 heteroatoms. The van der Waals surface area contributed by atoms with Gasteiger partial charge >= 0.3 is 18.2 Å². The number of amides is 1. The molecule has 0 saturated carbocycles. The van der Waals surface area contributed by atoms with Crippen LogP contribution in [-0.2, 0) is 16.0 Å². The number of ether oxygens (including phenoxy) is 2. The molecular formula is C20H17FN2O4. The molecule has 1 heterocycles. The van der Waals surface area contributed by atoms with Crippen molar-refractivity contribution >= 4 is 17.6 Å². The van der Waals surface area contributed by atoms with Gasteiger partial charge in [0.15, 0.2) is 0 Å². The maximum atomic E-state index is 14.6. The minimum atomic E-state index is -2.26. The molecule has 0 bridgehead atoms. The number of hydrogen-bond acceptors (Lipinski definition) is 5. The zero-order chi connectivity index (χ0) is 19.4. The lowest BCUT2D eigenvalue weighted by molar-refractivity contribution is -0.132. The predicted molar refractivity (Wildman–Crippen MR) is 95.1 cm³/mol. The van der Waals surface area contributed by atoms with Crippen molar-refractivity contribution in [3.05, 3.63) is 53.6 Å². The van der Waals surface area contributed by atoms with Crippen LogP contribution in [-0.4, -0.2) is 24.8 Å². The first-order chi connectivity index (χ1) is 13.0. The van der Waals surface area contributed by atoms with Crippen molar-refractivity contribution in [2.24, 2.45) is 0 Å². The Hall–Kier alpha value is -3.40. The number of fused-ring (bicyclic) bond motifs is 1. The Morgan fingerprint density at radius 1 is 1.26 bits per heavy atom. The number of esters is 1. The topological polar surface area (TPSA) is 79.6 Å². The van der Waals surface area contributed by atoms with Gasteiger partial charge in [0.05, 0.1) is 11.3 Å². The van der Waals surface area contributed by atoms with E-state index in [-0.39, 0.29) is 17.1 Å². The minimum Gasteiger partial charge on any atom is -0.450 e. The molecule has 0 saturated heterocycles. The number of nitrogens with zero attached hydrogens (tertiary/aromatic N) is 2. The van der Waals surface area contributed by atoms with E-state index < -0.39 is 18.2 Å². The number of carbonyl (C=O) groups is 2. The van der Waals surface area contributed by atoms with E-state index in [1.165, 1.54) is 24.0 Å². The van der Waals surface area contributed by atoms with Gasteiger partial charge in [-0.15, -0.1) is 0 Å². The summed E-state index contributed by atoms with van der Waals surface area (Å²) in [6.07, 6.45) is -0.857. The summed E-state index contributed by atoms with van der Waals surface area (Å²) < 4.78 is 24.7. The lowest BCUT2D eigenvalue weighted by Crippen LogP contribution is -2.42. The molecule has 0 spiro atoms. The standard InChI is InChI=1S/C20H17FN2O4/c1-13(24)26-16-9-8-14-6-4-10-23(17(14)11-16)20(25)19(21)27-18-7-3-2-5-15(18)12-22/h2-3,5,7-9,11,19H,4,6,10H2,1H3. The predicted octanol–water partition coefficient (Wildman–Crippen LogP) is 3.14. The molecule has 0 aromatic heterocycles. The molecule has 0 radical (unpaired) electrons. The van der Waals surface area contributed by atoms with Gasteiger partial charge < -0.3 is 14.4 Å². The monoisotopic (exact) mass is 368 g/mol. The number of rotatable bonds is 4. The Morgan fingerprint density at radius 3 is 2.78 bits per heavy atom. The first-order valence-electron chi connectivity index (χ1n) is 8.42. The molecule has 27 heavy (non-hydrogen) atoms. The van der Waals surface area contributed by atoms with Crippen LogP contribution in [0.2, 0.25) is 0 Å². The molecule has 138 valence electrons. The molecule has 2 aromatic rings. The van der Waals surface area contributed by atoms with Crippen molar-refractivity contribution in [2.75, 3.05) is 11.4 Å². The Balaban J connectivity index is 1.83. The molecule has 1 atom stereocenters. The molecule has 0 aliphatic carbocycles. The fourth-order valence-corrected chi connectivity index (χ4v) is 2.96. The van der Waals surface area contributed by atoms with E-state index in [4.69, 9.17) is 14.7 Å². The molecule has 3 rings (SSSR count). The molecule has 1 aliphatic rings. The van der Waals surface area contributed by atoms with Crippen LogP contribution in [0.25, 0.3) is 0 Å². The average Bonchev–Trinajstić information content (AvgIpc) is 2.66. The number of carbonyl (C=O) groups excluding carboxylic acids is 2. The molecule has 1 unspecified atom stereocenters. The fraction of sp³-hybridized carbons (Fsp3) is 0.250. The average molecular weight is 368 g/mol. The second-order valence-corrected chi connectivity index (χ2v) is 6.02. The summed E-state index contributed by atoms with van der Waals surface area (Å²) in [5, 5.41) is 9.06. The first kappa shape index (κ1) is 18.4. The summed E-state index contributed by atoms with van der Waals surface area (Å²) >= 11 is 0. The minimum absolute atomic E-state index is 0.00625. The third-order valence-corrected chi connectivity index (χ3v) is 4.14. The van der Waals surface area contributed by atoms with Gasteiger partial charge in [-0.3, -0.25) is 9.59 Å². The quantitative estimate of drug-likeness (QED) is 0.612. The van der Waals surface area contributed by atoms with Gasteiger partial charge in [0, 0.05) is 19.5 Å². The van der Waals surface area contributed by atoms with Crippen LogP contribution in [0.4, 0.5) is 10.1 Å². The second-order valence-electron chi connectivity index (χ2n) is 6.02. The molecule has 6 nitrogen and oxygen atoms in total.